The quantitative estimate of drug-likeness (QED) is 0.644. The Morgan fingerprint density at radius 1 is 1.16 bits per heavy atom. The fourth-order valence-corrected chi connectivity index (χ4v) is 2.70. The van der Waals surface area contributed by atoms with Gasteiger partial charge in [0, 0.05) is 20.1 Å². The van der Waals surface area contributed by atoms with Crippen molar-refractivity contribution in [3.05, 3.63) is 35.9 Å². The van der Waals surface area contributed by atoms with Crippen LogP contribution in [0.3, 0.4) is 0 Å². The molecular weight excluding hydrogens is 234 g/mol. The fourth-order valence-electron chi connectivity index (χ4n) is 2.70. The van der Waals surface area contributed by atoms with Gasteiger partial charge in [0.25, 0.3) is 0 Å². The van der Waals surface area contributed by atoms with E-state index in [4.69, 9.17) is 0 Å². The van der Waals surface area contributed by atoms with Gasteiger partial charge in [0.2, 0.25) is 0 Å². The van der Waals surface area contributed by atoms with Crippen molar-refractivity contribution in [1.82, 2.24) is 10.6 Å². The zero-order valence-electron chi connectivity index (χ0n) is 12.1. The second-order valence-corrected chi connectivity index (χ2v) is 5.78. The summed E-state index contributed by atoms with van der Waals surface area (Å²) in [5.74, 6) is 0.900. The minimum Gasteiger partial charge on any atom is -0.356 e. The van der Waals surface area contributed by atoms with Gasteiger partial charge in [-0.05, 0) is 23.8 Å². The standard InChI is InChI=1S/C16H25N3/c1-16(10-6-7-11-16)13-19-15(17-2)18-12-14-8-4-3-5-9-14/h3-5,8-9H,6-7,10-13H2,1-2H3,(H2,17,18,19). The summed E-state index contributed by atoms with van der Waals surface area (Å²) in [5, 5.41) is 6.83. The van der Waals surface area contributed by atoms with Crippen LogP contribution in [0, 0.1) is 5.41 Å². The SMILES string of the molecule is CN=C(NCc1ccccc1)NCC1(C)CCCC1. The molecule has 19 heavy (non-hydrogen) atoms. The molecule has 1 aromatic carbocycles. The lowest BCUT2D eigenvalue weighted by Crippen LogP contribution is -2.41. The molecule has 2 rings (SSSR count). The van der Waals surface area contributed by atoms with E-state index in [0.717, 1.165) is 19.0 Å². The molecule has 0 heterocycles. The van der Waals surface area contributed by atoms with Gasteiger partial charge in [-0.15, -0.1) is 0 Å². The first-order valence-corrected chi connectivity index (χ1v) is 7.20. The van der Waals surface area contributed by atoms with Crippen molar-refractivity contribution in [2.45, 2.75) is 39.2 Å². The fraction of sp³-hybridized carbons (Fsp3) is 0.562. The number of guanidine groups is 1. The summed E-state index contributed by atoms with van der Waals surface area (Å²) in [4.78, 5) is 4.29. The van der Waals surface area contributed by atoms with Crippen molar-refractivity contribution >= 4 is 5.96 Å². The van der Waals surface area contributed by atoms with Crippen molar-refractivity contribution in [3.63, 3.8) is 0 Å². The van der Waals surface area contributed by atoms with Crippen molar-refractivity contribution in [3.8, 4) is 0 Å². The molecule has 0 aromatic heterocycles. The molecule has 0 atom stereocenters. The van der Waals surface area contributed by atoms with Crippen molar-refractivity contribution in [2.75, 3.05) is 13.6 Å². The van der Waals surface area contributed by atoms with Gasteiger partial charge in [-0.25, -0.2) is 0 Å². The number of benzene rings is 1. The minimum absolute atomic E-state index is 0.449. The Balaban J connectivity index is 1.78. The number of hydrogen-bond donors (Lipinski definition) is 2. The lowest BCUT2D eigenvalue weighted by Gasteiger charge is -2.25. The molecule has 3 nitrogen and oxygen atoms in total. The van der Waals surface area contributed by atoms with Gasteiger partial charge in [-0.3, -0.25) is 4.99 Å². The van der Waals surface area contributed by atoms with E-state index in [-0.39, 0.29) is 0 Å². The predicted octanol–water partition coefficient (Wildman–Crippen LogP) is 2.93. The summed E-state index contributed by atoms with van der Waals surface area (Å²) in [7, 11) is 1.83. The Morgan fingerprint density at radius 2 is 1.84 bits per heavy atom. The van der Waals surface area contributed by atoms with Crippen LogP contribution in [0.5, 0.6) is 0 Å². The Morgan fingerprint density at radius 3 is 2.47 bits per heavy atom. The Labute approximate surface area is 116 Å². The molecule has 0 unspecified atom stereocenters. The zero-order valence-corrected chi connectivity index (χ0v) is 12.1. The minimum atomic E-state index is 0.449. The molecule has 3 heteroatoms. The first-order chi connectivity index (χ1) is 9.22. The molecule has 1 aromatic rings. The monoisotopic (exact) mass is 259 g/mol. The molecule has 1 aliphatic rings. The molecule has 1 fully saturated rings. The normalized spacial score (nSPS) is 18.3. The van der Waals surface area contributed by atoms with Crippen LogP contribution in [-0.4, -0.2) is 19.6 Å². The topological polar surface area (TPSA) is 36.4 Å². The molecule has 0 spiro atoms. The van der Waals surface area contributed by atoms with Gasteiger partial charge in [0.15, 0.2) is 5.96 Å². The van der Waals surface area contributed by atoms with E-state index in [9.17, 15) is 0 Å². The summed E-state index contributed by atoms with van der Waals surface area (Å²) in [6.45, 7) is 4.20. The highest BCUT2D eigenvalue weighted by Gasteiger charge is 2.28. The molecule has 0 saturated heterocycles. The molecule has 0 radical (unpaired) electrons. The number of rotatable bonds is 4. The Bertz CT molecular complexity index is 405. The van der Waals surface area contributed by atoms with Gasteiger partial charge >= 0.3 is 0 Å². The highest BCUT2D eigenvalue weighted by atomic mass is 15.2. The zero-order chi connectivity index (χ0) is 13.6. The molecule has 104 valence electrons. The molecule has 1 saturated carbocycles. The largest absolute Gasteiger partial charge is 0.356 e. The molecule has 0 bridgehead atoms. The van der Waals surface area contributed by atoms with Gasteiger partial charge in [0.05, 0.1) is 0 Å². The third-order valence-electron chi connectivity index (χ3n) is 4.02. The summed E-state index contributed by atoms with van der Waals surface area (Å²) in [5.41, 5.74) is 1.72. The van der Waals surface area contributed by atoms with Crippen LogP contribution in [0.4, 0.5) is 0 Å². The van der Waals surface area contributed by atoms with Gasteiger partial charge < -0.3 is 10.6 Å². The first kappa shape index (κ1) is 13.9. The van der Waals surface area contributed by atoms with Crippen molar-refractivity contribution in [1.29, 1.82) is 0 Å². The number of nitrogens with zero attached hydrogens (tertiary/aromatic N) is 1. The Hall–Kier alpha value is -1.51. The molecular formula is C16H25N3. The van der Waals surface area contributed by atoms with Crippen LogP contribution in [0.2, 0.25) is 0 Å². The van der Waals surface area contributed by atoms with E-state index in [0.29, 0.717) is 5.41 Å². The smallest absolute Gasteiger partial charge is 0.191 e. The highest BCUT2D eigenvalue weighted by Crippen LogP contribution is 2.36. The summed E-state index contributed by atoms with van der Waals surface area (Å²) < 4.78 is 0. The predicted molar refractivity (Wildman–Crippen MR) is 81.2 cm³/mol. The van der Waals surface area contributed by atoms with Gasteiger partial charge in [0.1, 0.15) is 0 Å². The average molecular weight is 259 g/mol. The van der Waals surface area contributed by atoms with Gasteiger partial charge in [-0.1, -0.05) is 50.1 Å². The van der Waals surface area contributed by atoms with Crippen LogP contribution < -0.4 is 10.6 Å². The van der Waals surface area contributed by atoms with E-state index in [1.165, 1.54) is 31.2 Å². The highest BCUT2D eigenvalue weighted by molar-refractivity contribution is 5.79. The van der Waals surface area contributed by atoms with Crippen LogP contribution in [0.15, 0.2) is 35.3 Å². The first-order valence-electron chi connectivity index (χ1n) is 7.20. The maximum Gasteiger partial charge on any atom is 0.191 e. The van der Waals surface area contributed by atoms with Crippen LogP contribution in [0.1, 0.15) is 38.2 Å². The maximum absolute atomic E-state index is 4.29. The van der Waals surface area contributed by atoms with Crippen LogP contribution in [-0.2, 0) is 6.54 Å². The number of aliphatic imine (C=N–C) groups is 1. The lowest BCUT2D eigenvalue weighted by molar-refractivity contribution is 0.334. The van der Waals surface area contributed by atoms with Crippen molar-refractivity contribution in [2.24, 2.45) is 10.4 Å². The summed E-state index contributed by atoms with van der Waals surface area (Å²) in [6.07, 6.45) is 5.40. The third-order valence-corrected chi connectivity index (χ3v) is 4.02. The average Bonchev–Trinajstić information content (AvgIpc) is 2.87. The number of hydrogen-bond acceptors (Lipinski definition) is 1. The van der Waals surface area contributed by atoms with Gasteiger partial charge in [-0.2, -0.15) is 0 Å². The number of nitrogens with one attached hydrogen (secondary N) is 2. The van der Waals surface area contributed by atoms with Crippen LogP contribution in [0.25, 0.3) is 0 Å². The molecule has 2 N–H and O–H groups in total. The summed E-state index contributed by atoms with van der Waals surface area (Å²) in [6, 6.07) is 10.4. The molecule has 0 amide bonds. The molecule has 0 aliphatic heterocycles. The van der Waals surface area contributed by atoms with E-state index >= 15 is 0 Å². The summed E-state index contributed by atoms with van der Waals surface area (Å²) >= 11 is 0. The second kappa shape index (κ2) is 6.60. The molecule has 1 aliphatic carbocycles. The maximum atomic E-state index is 4.29. The van der Waals surface area contributed by atoms with E-state index in [2.05, 4.69) is 46.8 Å². The van der Waals surface area contributed by atoms with Crippen molar-refractivity contribution < 1.29 is 0 Å². The van der Waals surface area contributed by atoms with E-state index < -0.39 is 0 Å². The van der Waals surface area contributed by atoms with Crippen LogP contribution >= 0.6 is 0 Å². The second-order valence-electron chi connectivity index (χ2n) is 5.78. The Kier molecular flexibility index (Phi) is 4.83. The van der Waals surface area contributed by atoms with E-state index in [1.54, 1.807) is 0 Å². The third kappa shape index (κ3) is 4.27. The lowest BCUT2D eigenvalue weighted by atomic mass is 9.89. The van der Waals surface area contributed by atoms with E-state index in [1.807, 2.05) is 13.1 Å².